The second-order valence-electron chi connectivity index (χ2n) is 6.97. The van der Waals surface area contributed by atoms with Crippen LogP contribution in [-0.4, -0.2) is 38.8 Å². The van der Waals surface area contributed by atoms with Gasteiger partial charge in [-0.1, -0.05) is 5.16 Å². The van der Waals surface area contributed by atoms with E-state index in [0.717, 1.165) is 43.3 Å². The Morgan fingerprint density at radius 2 is 2.33 bits per heavy atom. The molecule has 2 aromatic heterocycles. The fraction of sp³-hybridized carbons (Fsp3) is 0.588. The molecule has 0 aromatic carbocycles. The first-order chi connectivity index (χ1) is 11.7. The quantitative estimate of drug-likeness (QED) is 0.872. The van der Waals surface area contributed by atoms with Gasteiger partial charge in [0.15, 0.2) is 0 Å². The van der Waals surface area contributed by atoms with Gasteiger partial charge in [0.25, 0.3) is 0 Å². The highest BCUT2D eigenvalue weighted by atomic mass is 16.5. The van der Waals surface area contributed by atoms with Gasteiger partial charge >= 0.3 is 0 Å². The van der Waals surface area contributed by atoms with Crippen molar-refractivity contribution in [3.63, 3.8) is 0 Å². The normalized spacial score (nSPS) is 20.8. The van der Waals surface area contributed by atoms with Crippen molar-refractivity contribution < 1.29 is 9.32 Å². The number of aryl methyl sites for hydroxylation is 1. The molecule has 1 atom stereocenters. The summed E-state index contributed by atoms with van der Waals surface area (Å²) in [7, 11) is 0. The van der Waals surface area contributed by atoms with Crippen molar-refractivity contribution in [2.45, 2.75) is 45.3 Å². The van der Waals surface area contributed by atoms with Crippen LogP contribution >= 0.6 is 0 Å². The van der Waals surface area contributed by atoms with Gasteiger partial charge in [0.2, 0.25) is 5.91 Å². The van der Waals surface area contributed by atoms with Gasteiger partial charge in [-0.05, 0) is 31.7 Å². The lowest BCUT2D eigenvalue weighted by Crippen LogP contribution is -2.40. The van der Waals surface area contributed by atoms with E-state index >= 15 is 0 Å². The van der Waals surface area contributed by atoms with Crippen LogP contribution in [0.5, 0.6) is 0 Å². The van der Waals surface area contributed by atoms with Crippen LogP contribution in [0.4, 0.5) is 0 Å². The maximum atomic E-state index is 12.2. The lowest BCUT2D eigenvalue weighted by Gasteiger charge is -2.33. The molecule has 7 heteroatoms. The number of hydrogen-bond acceptors (Lipinski definition) is 5. The predicted octanol–water partition coefficient (Wildman–Crippen LogP) is 1.65. The van der Waals surface area contributed by atoms with Gasteiger partial charge in [-0.15, -0.1) is 0 Å². The first-order valence-corrected chi connectivity index (χ1v) is 8.61. The Morgan fingerprint density at radius 3 is 3.08 bits per heavy atom. The van der Waals surface area contributed by atoms with E-state index in [1.165, 1.54) is 12.8 Å². The number of nitrogens with one attached hydrogen (secondary N) is 1. The summed E-state index contributed by atoms with van der Waals surface area (Å²) in [4.78, 5) is 14.5. The average molecular weight is 329 g/mol. The number of rotatable bonds is 6. The van der Waals surface area contributed by atoms with Crippen molar-refractivity contribution in [1.82, 2.24) is 25.2 Å². The molecule has 4 rings (SSSR count). The van der Waals surface area contributed by atoms with E-state index in [2.05, 4.69) is 20.5 Å². The molecule has 0 unspecified atom stereocenters. The van der Waals surface area contributed by atoms with Crippen LogP contribution in [0.25, 0.3) is 0 Å². The number of fused-ring (bicyclic) bond motifs is 1. The molecule has 1 N–H and O–H groups in total. The number of aromatic nitrogens is 3. The Hall–Kier alpha value is -2.15. The molecule has 0 spiro atoms. The number of carbonyl (C=O) groups is 1. The number of amides is 1. The van der Waals surface area contributed by atoms with Gasteiger partial charge in [0.1, 0.15) is 5.76 Å². The maximum Gasteiger partial charge on any atom is 0.222 e. The SMILES string of the molecule is Cc1cc(CN2Cc3ccnn3[C@@H](CC(=O)NCC3CC3)C2)no1. The van der Waals surface area contributed by atoms with Crippen LogP contribution in [0.3, 0.4) is 0 Å². The smallest absolute Gasteiger partial charge is 0.222 e. The highest BCUT2D eigenvalue weighted by Gasteiger charge is 2.28. The molecule has 24 heavy (non-hydrogen) atoms. The first kappa shape index (κ1) is 15.4. The molecule has 1 fully saturated rings. The number of hydrogen-bond donors (Lipinski definition) is 1. The van der Waals surface area contributed by atoms with E-state index in [1.54, 1.807) is 0 Å². The van der Waals surface area contributed by atoms with Crippen LogP contribution in [0, 0.1) is 12.8 Å². The van der Waals surface area contributed by atoms with Gasteiger partial charge in [0, 0.05) is 38.4 Å². The van der Waals surface area contributed by atoms with Crippen LogP contribution in [0.1, 0.15) is 42.5 Å². The summed E-state index contributed by atoms with van der Waals surface area (Å²) in [5, 5.41) is 11.6. The number of nitrogens with zero attached hydrogens (tertiary/aromatic N) is 4. The second kappa shape index (κ2) is 6.39. The van der Waals surface area contributed by atoms with E-state index in [-0.39, 0.29) is 11.9 Å². The van der Waals surface area contributed by atoms with E-state index in [9.17, 15) is 4.79 Å². The third-order valence-corrected chi connectivity index (χ3v) is 4.72. The Balaban J connectivity index is 1.41. The molecular formula is C17H23N5O2. The molecule has 2 aromatic rings. The standard InChI is InChI=1S/C17H23N5O2/c1-12-6-14(20-24-12)9-21-10-15-4-5-19-22(15)16(11-21)7-17(23)18-8-13-2-3-13/h4-6,13,16H,2-3,7-11H2,1H3,(H,18,23)/t16-/m0/s1. The van der Waals surface area contributed by atoms with E-state index < -0.39 is 0 Å². The predicted molar refractivity (Wildman–Crippen MR) is 87.0 cm³/mol. The van der Waals surface area contributed by atoms with Crippen LogP contribution in [0.15, 0.2) is 22.9 Å². The first-order valence-electron chi connectivity index (χ1n) is 8.61. The molecule has 0 radical (unpaired) electrons. The van der Waals surface area contributed by atoms with Gasteiger partial charge in [0.05, 0.1) is 23.9 Å². The minimum Gasteiger partial charge on any atom is -0.361 e. The van der Waals surface area contributed by atoms with Crippen molar-refractivity contribution in [3.8, 4) is 0 Å². The van der Waals surface area contributed by atoms with Crippen molar-refractivity contribution in [3.05, 3.63) is 35.5 Å². The molecule has 1 aliphatic heterocycles. The largest absolute Gasteiger partial charge is 0.361 e. The summed E-state index contributed by atoms with van der Waals surface area (Å²) in [5.74, 6) is 1.64. The highest BCUT2D eigenvalue weighted by molar-refractivity contribution is 5.76. The topological polar surface area (TPSA) is 76.2 Å². The van der Waals surface area contributed by atoms with Crippen molar-refractivity contribution >= 4 is 5.91 Å². The molecule has 1 aliphatic carbocycles. The third-order valence-electron chi connectivity index (χ3n) is 4.72. The zero-order chi connectivity index (χ0) is 16.5. The molecule has 0 bridgehead atoms. The maximum absolute atomic E-state index is 12.2. The molecule has 2 aliphatic rings. The van der Waals surface area contributed by atoms with Crippen LogP contribution in [0.2, 0.25) is 0 Å². The molecule has 7 nitrogen and oxygen atoms in total. The van der Waals surface area contributed by atoms with Crippen molar-refractivity contribution in [2.75, 3.05) is 13.1 Å². The summed E-state index contributed by atoms with van der Waals surface area (Å²) in [6, 6.07) is 4.05. The molecule has 1 saturated carbocycles. The minimum atomic E-state index is 0.0657. The Labute approximate surface area is 141 Å². The summed E-state index contributed by atoms with van der Waals surface area (Å²) < 4.78 is 7.16. The average Bonchev–Trinajstić information content (AvgIpc) is 3.11. The molecule has 128 valence electrons. The van der Waals surface area contributed by atoms with Gasteiger partial charge in [-0.25, -0.2) is 0 Å². The molecule has 0 saturated heterocycles. The number of carbonyl (C=O) groups excluding carboxylic acids is 1. The zero-order valence-electron chi connectivity index (χ0n) is 13.9. The summed E-state index contributed by atoms with van der Waals surface area (Å²) in [5.41, 5.74) is 2.07. The summed E-state index contributed by atoms with van der Waals surface area (Å²) >= 11 is 0. The zero-order valence-corrected chi connectivity index (χ0v) is 13.9. The minimum absolute atomic E-state index is 0.0657. The molecule has 1 amide bonds. The summed E-state index contributed by atoms with van der Waals surface area (Å²) in [6.45, 7) is 5.04. The van der Waals surface area contributed by atoms with E-state index in [1.807, 2.05) is 29.9 Å². The van der Waals surface area contributed by atoms with Gasteiger partial charge in [-0.2, -0.15) is 5.10 Å². The van der Waals surface area contributed by atoms with E-state index in [4.69, 9.17) is 4.52 Å². The lowest BCUT2D eigenvalue weighted by atomic mass is 10.1. The Kier molecular flexibility index (Phi) is 4.10. The van der Waals surface area contributed by atoms with Gasteiger partial charge < -0.3 is 9.84 Å². The Morgan fingerprint density at radius 1 is 1.46 bits per heavy atom. The van der Waals surface area contributed by atoms with Crippen LogP contribution in [-0.2, 0) is 17.9 Å². The fourth-order valence-electron chi connectivity index (χ4n) is 3.32. The fourth-order valence-corrected chi connectivity index (χ4v) is 3.32. The monoisotopic (exact) mass is 329 g/mol. The third kappa shape index (κ3) is 3.51. The van der Waals surface area contributed by atoms with Crippen molar-refractivity contribution in [1.29, 1.82) is 0 Å². The second-order valence-corrected chi connectivity index (χ2v) is 6.97. The van der Waals surface area contributed by atoms with E-state index in [0.29, 0.717) is 12.3 Å². The molecule has 3 heterocycles. The van der Waals surface area contributed by atoms with Crippen LogP contribution < -0.4 is 5.32 Å². The lowest BCUT2D eigenvalue weighted by molar-refractivity contribution is -0.122. The highest BCUT2D eigenvalue weighted by Crippen LogP contribution is 2.28. The van der Waals surface area contributed by atoms with Crippen molar-refractivity contribution in [2.24, 2.45) is 5.92 Å². The Bertz CT molecular complexity index is 718. The molecular weight excluding hydrogens is 306 g/mol. The van der Waals surface area contributed by atoms with Gasteiger partial charge in [-0.3, -0.25) is 14.4 Å². The summed E-state index contributed by atoms with van der Waals surface area (Å²) in [6.07, 6.45) is 4.78.